The Hall–Kier alpha value is -0.870. The monoisotopic (exact) mass is 282 g/mol. The summed E-state index contributed by atoms with van der Waals surface area (Å²) in [5.74, 6) is -0.00917. The molecule has 1 fully saturated rings. The minimum Gasteiger partial charge on any atom is -0.351 e. The predicted molar refractivity (Wildman–Crippen MR) is 67.5 cm³/mol. The summed E-state index contributed by atoms with van der Waals surface area (Å²) in [5.41, 5.74) is 0.703. The fourth-order valence-electron chi connectivity index (χ4n) is 1.44. The summed E-state index contributed by atoms with van der Waals surface area (Å²) in [6, 6.07) is 8.07. The van der Waals surface area contributed by atoms with Gasteiger partial charge in [-0.1, -0.05) is 15.9 Å². The van der Waals surface area contributed by atoms with Crippen molar-refractivity contribution in [3.63, 3.8) is 0 Å². The van der Waals surface area contributed by atoms with Gasteiger partial charge in [0, 0.05) is 29.2 Å². The molecule has 1 aliphatic rings. The van der Waals surface area contributed by atoms with E-state index in [0.29, 0.717) is 18.2 Å². The summed E-state index contributed by atoms with van der Waals surface area (Å²) in [6.07, 6.45) is 2.56. The molecule has 3 nitrogen and oxygen atoms in total. The lowest BCUT2D eigenvalue weighted by Gasteiger charge is -2.06. The van der Waals surface area contributed by atoms with Crippen molar-refractivity contribution >= 4 is 21.8 Å². The Bertz CT molecular complexity index is 360. The highest BCUT2D eigenvalue weighted by molar-refractivity contribution is 9.10. The zero-order chi connectivity index (χ0) is 11.4. The van der Waals surface area contributed by atoms with Crippen LogP contribution in [0.1, 0.15) is 23.2 Å². The molecule has 1 aromatic carbocycles. The molecule has 0 heterocycles. The molecule has 0 spiro atoms. The lowest BCUT2D eigenvalue weighted by molar-refractivity contribution is 0.0954. The first-order valence-electron chi connectivity index (χ1n) is 5.53. The van der Waals surface area contributed by atoms with Crippen molar-refractivity contribution in [2.24, 2.45) is 0 Å². The molecule has 0 aliphatic heterocycles. The highest BCUT2D eigenvalue weighted by Crippen LogP contribution is 2.17. The molecule has 1 aromatic rings. The zero-order valence-electron chi connectivity index (χ0n) is 9.00. The number of carbonyl (C=O) groups excluding carboxylic acids is 1. The zero-order valence-corrected chi connectivity index (χ0v) is 10.6. The third kappa shape index (κ3) is 3.61. The van der Waals surface area contributed by atoms with Gasteiger partial charge < -0.3 is 10.6 Å². The van der Waals surface area contributed by atoms with Crippen LogP contribution < -0.4 is 10.6 Å². The van der Waals surface area contributed by atoms with Crippen molar-refractivity contribution < 1.29 is 4.79 Å². The van der Waals surface area contributed by atoms with Crippen LogP contribution in [0.5, 0.6) is 0 Å². The molecule has 1 amide bonds. The van der Waals surface area contributed by atoms with E-state index < -0.39 is 0 Å². The van der Waals surface area contributed by atoms with Gasteiger partial charge in [-0.25, -0.2) is 0 Å². The quantitative estimate of drug-likeness (QED) is 0.811. The van der Waals surface area contributed by atoms with E-state index in [4.69, 9.17) is 0 Å². The number of benzene rings is 1. The van der Waals surface area contributed by atoms with E-state index >= 15 is 0 Å². The maximum Gasteiger partial charge on any atom is 0.251 e. The number of hydrogen-bond acceptors (Lipinski definition) is 2. The molecular formula is C12H15BrN2O. The fraction of sp³-hybridized carbons (Fsp3) is 0.417. The van der Waals surface area contributed by atoms with Gasteiger partial charge in [-0.15, -0.1) is 0 Å². The standard InChI is InChI=1S/C12H15BrN2O/c13-10-3-1-9(2-4-10)12(16)15-8-7-14-11-5-6-11/h1-4,11,14H,5-8H2,(H,15,16). The number of amides is 1. The molecule has 86 valence electrons. The molecule has 4 heteroatoms. The first-order valence-corrected chi connectivity index (χ1v) is 6.32. The van der Waals surface area contributed by atoms with E-state index in [1.165, 1.54) is 12.8 Å². The summed E-state index contributed by atoms with van der Waals surface area (Å²) in [4.78, 5) is 11.7. The Morgan fingerprint density at radius 3 is 2.56 bits per heavy atom. The van der Waals surface area contributed by atoms with Gasteiger partial charge in [0.25, 0.3) is 5.91 Å². The van der Waals surface area contributed by atoms with E-state index in [2.05, 4.69) is 26.6 Å². The Morgan fingerprint density at radius 2 is 1.94 bits per heavy atom. The Labute approximate surface area is 104 Å². The van der Waals surface area contributed by atoms with E-state index in [1.54, 1.807) is 0 Å². The van der Waals surface area contributed by atoms with Crippen LogP contribution in [0.3, 0.4) is 0 Å². The molecule has 0 unspecified atom stereocenters. The van der Waals surface area contributed by atoms with E-state index in [0.717, 1.165) is 11.0 Å². The second kappa shape index (κ2) is 5.46. The maximum atomic E-state index is 11.7. The molecule has 1 saturated carbocycles. The average molecular weight is 283 g/mol. The highest BCUT2D eigenvalue weighted by atomic mass is 79.9. The Morgan fingerprint density at radius 1 is 1.25 bits per heavy atom. The predicted octanol–water partition coefficient (Wildman–Crippen LogP) is 1.93. The van der Waals surface area contributed by atoms with Gasteiger partial charge >= 0.3 is 0 Å². The largest absolute Gasteiger partial charge is 0.351 e. The first kappa shape index (κ1) is 11.6. The van der Waals surface area contributed by atoms with Crippen molar-refractivity contribution in [3.8, 4) is 0 Å². The maximum absolute atomic E-state index is 11.7. The van der Waals surface area contributed by atoms with Crippen LogP contribution in [0.15, 0.2) is 28.7 Å². The van der Waals surface area contributed by atoms with Gasteiger partial charge in [-0.3, -0.25) is 4.79 Å². The third-order valence-corrected chi connectivity index (χ3v) is 3.06. The Kier molecular flexibility index (Phi) is 3.96. The minimum absolute atomic E-state index is 0.00917. The summed E-state index contributed by atoms with van der Waals surface area (Å²) in [7, 11) is 0. The first-order chi connectivity index (χ1) is 7.75. The molecule has 0 saturated heterocycles. The van der Waals surface area contributed by atoms with Crippen molar-refractivity contribution in [3.05, 3.63) is 34.3 Å². The van der Waals surface area contributed by atoms with Gasteiger partial charge in [0.1, 0.15) is 0 Å². The summed E-state index contributed by atoms with van der Waals surface area (Å²) in [5, 5.41) is 6.24. The second-order valence-electron chi connectivity index (χ2n) is 3.99. The van der Waals surface area contributed by atoms with Crippen LogP contribution >= 0.6 is 15.9 Å². The Balaban J connectivity index is 1.71. The van der Waals surface area contributed by atoms with Gasteiger partial charge in [-0.05, 0) is 37.1 Å². The molecule has 16 heavy (non-hydrogen) atoms. The molecular weight excluding hydrogens is 268 g/mol. The average Bonchev–Trinajstić information content (AvgIpc) is 3.09. The van der Waals surface area contributed by atoms with Gasteiger partial charge in [0.15, 0.2) is 0 Å². The molecule has 2 rings (SSSR count). The van der Waals surface area contributed by atoms with Crippen LogP contribution in [-0.4, -0.2) is 25.0 Å². The van der Waals surface area contributed by atoms with Gasteiger partial charge in [0.2, 0.25) is 0 Å². The number of hydrogen-bond donors (Lipinski definition) is 2. The van der Waals surface area contributed by atoms with Crippen molar-refractivity contribution in [1.82, 2.24) is 10.6 Å². The van der Waals surface area contributed by atoms with Crippen LogP contribution in [-0.2, 0) is 0 Å². The topological polar surface area (TPSA) is 41.1 Å². The van der Waals surface area contributed by atoms with E-state index in [9.17, 15) is 4.79 Å². The van der Waals surface area contributed by atoms with Crippen LogP contribution in [0.2, 0.25) is 0 Å². The number of rotatable bonds is 5. The normalized spacial score (nSPS) is 14.8. The van der Waals surface area contributed by atoms with Crippen LogP contribution in [0.25, 0.3) is 0 Å². The number of carbonyl (C=O) groups is 1. The molecule has 2 N–H and O–H groups in total. The summed E-state index contributed by atoms with van der Waals surface area (Å²) in [6.45, 7) is 1.54. The van der Waals surface area contributed by atoms with E-state index in [-0.39, 0.29) is 5.91 Å². The van der Waals surface area contributed by atoms with Crippen molar-refractivity contribution in [2.75, 3.05) is 13.1 Å². The third-order valence-electron chi connectivity index (χ3n) is 2.53. The van der Waals surface area contributed by atoms with Gasteiger partial charge in [0.05, 0.1) is 0 Å². The van der Waals surface area contributed by atoms with Crippen molar-refractivity contribution in [2.45, 2.75) is 18.9 Å². The van der Waals surface area contributed by atoms with Crippen LogP contribution in [0.4, 0.5) is 0 Å². The van der Waals surface area contributed by atoms with Crippen molar-refractivity contribution in [1.29, 1.82) is 0 Å². The number of halogens is 1. The SMILES string of the molecule is O=C(NCCNC1CC1)c1ccc(Br)cc1. The lowest BCUT2D eigenvalue weighted by Crippen LogP contribution is -2.32. The summed E-state index contributed by atoms with van der Waals surface area (Å²) < 4.78 is 0.986. The van der Waals surface area contributed by atoms with Crippen LogP contribution in [0, 0.1) is 0 Å². The lowest BCUT2D eigenvalue weighted by atomic mass is 10.2. The van der Waals surface area contributed by atoms with Gasteiger partial charge in [-0.2, -0.15) is 0 Å². The molecule has 0 radical (unpaired) electrons. The molecule has 0 aromatic heterocycles. The molecule has 1 aliphatic carbocycles. The highest BCUT2D eigenvalue weighted by Gasteiger charge is 2.19. The molecule has 0 bridgehead atoms. The number of nitrogens with one attached hydrogen (secondary N) is 2. The second-order valence-corrected chi connectivity index (χ2v) is 4.91. The minimum atomic E-state index is -0.00917. The molecule has 0 atom stereocenters. The fourth-order valence-corrected chi connectivity index (χ4v) is 1.71. The smallest absolute Gasteiger partial charge is 0.251 e. The van der Waals surface area contributed by atoms with E-state index in [1.807, 2.05) is 24.3 Å². The summed E-state index contributed by atoms with van der Waals surface area (Å²) >= 11 is 3.34.